The second-order valence-corrected chi connectivity index (χ2v) is 4.02. The van der Waals surface area contributed by atoms with Crippen LogP contribution >= 0.6 is 0 Å². The van der Waals surface area contributed by atoms with Gasteiger partial charge in [-0.25, -0.2) is 4.39 Å². The molecule has 0 radical (unpaired) electrons. The molecule has 0 fully saturated rings. The van der Waals surface area contributed by atoms with E-state index in [9.17, 15) is 17.3 Å². The molecule has 7 heteroatoms. The Hall–Kier alpha value is -1.24. The van der Waals surface area contributed by atoms with E-state index in [1.807, 2.05) is 13.8 Å². The highest BCUT2D eigenvalue weighted by atomic mass is 19.4. The van der Waals surface area contributed by atoms with Crippen LogP contribution in [0.25, 0.3) is 0 Å². The lowest BCUT2D eigenvalue weighted by Gasteiger charge is -2.20. The molecular formula is C11H14BF4O2-. The van der Waals surface area contributed by atoms with E-state index in [4.69, 9.17) is 9.47 Å². The maximum atomic E-state index is 12.8. The normalized spacial score (nSPS) is 11.9. The van der Waals surface area contributed by atoms with Crippen LogP contribution in [0.1, 0.15) is 13.8 Å². The van der Waals surface area contributed by atoms with Crippen LogP contribution in [0.3, 0.4) is 0 Å². The molecule has 0 aliphatic carbocycles. The second-order valence-electron chi connectivity index (χ2n) is 4.02. The third-order valence-electron chi connectivity index (χ3n) is 2.12. The van der Waals surface area contributed by atoms with Gasteiger partial charge in [0.1, 0.15) is 12.4 Å². The van der Waals surface area contributed by atoms with Crippen LogP contribution < -0.4 is 10.2 Å². The summed E-state index contributed by atoms with van der Waals surface area (Å²) in [6.07, 6.45) is -0.0203. The summed E-state index contributed by atoms with van der Waals surface area (Å²) in [7, 11) is 0. The average molecular weight is 265 g/mol. The molecule has 0 atom stereocenters. The number of rotatable bonds is 6. The minimum absolute atomic E-state index is 0.0109. The van der Waals surface area contributed by atoms with Crippen molar-refractivity contribution in [2.75, 3.05) is 13.2 Å². The van der Waals surface area contributed by atoms with Gasteiger partial charge in [-0.2, -0.15) is 0 Å². The molecule has 1 rings (SSSR count). The van der Waals surface area contributed by atoms with E-state index in [-0.39, 0.29) is 25.1 Å². The molecule has 0 aliphatic rings. The third kappa shape index (κ3) is 4.56. The highest BCUT2D eigenvalue weighted by molar-refractivity contribution is 6.74. The second kappa shape index (κ2) is 6.09. The lowest BCUT2D eigenvalue weighted by Crippen LogP contribution is -2.36. The molecule has 2 nitrogen and oxygen atoms in total. The molecular weight excluding hydrogens is 251 g/mol. The van der Waals surface area contributed by atoms with Crippen molar-refractivity contribution in [3.63, 3.8) is 0 Å². The van der Waals surface area contributed by atoms with E-state index in [2.05, 4.69) is 0 Å². The van der Waals surface area contributed by atoms with Crippen LogP contribution in [-0.2, 0) is 4.74 Å². The summed E-state index contributed by atoms with van der Waals surface area (Å²) in [5, 5.41) is 0. The van der Waals surface area contributed by atoms with E-state index in [1.165, 1.54) is 0 Å². The molecule has 1 aromatic carbocycles. The van der Waals surface area contributed by atoms with Crippen molar-refractivity contribution in [3.05, 3.63) is 24.0 Å². The SMILES string of the molecule is CC(C)OCCOc1ccc(F)cc1[B-](F)(F)F. The molecule has 0 saturated carbocycles. The average Bonchev–Trinajstić information content (AvgIpc) is 2.24. The largest absolute Gasteiger partial charge is 0.513 e. The minimum atomic E-state index is -5.30. The van der Waals surface area contributed by atoms with Gasteiger partial charge in [0.2, 0.25) is 0 Å². The predicted molar refractivity (Wildman–Crippen MR) is 61.7 cm³/mol. The minimum Gasteiger partial charge on any atom is -0.494 e. The van der Waals surface area contributed by atoms with Gasteiger partial charge in [-0.1, -0.05) is 5.46 Å². The zero-order chi connectivity index (χ0) is 13.8. The highest BCUT2D eigenvalue weighted by Crippen LogP contribution is 2.18. The monoisotopic (exact) mass is 265 g/mol. The molecule has 0 unspecified atom stereocenters. The lowest BCUT2D eigenvalue weighted by molar-refractivity contribution is 0.0554. The standard InChI is InChI=1S/C11H14BF4O2/c1-8(2)17-5-6-18-11-4-3-9(13)7-10(11)12(14,15)16/h3-4,7-8H,5-6H2,1-2H3/q-1. The Kier molecular flexibility index (Phi) is 5.01. The van der Waals surface area contributed by atoms with E-state index in [1.54, 1.807) is 0 Å². The van der Waals surface area contributed by atoms with Gasteiger partial charge in [-0.3, -0.25) is 0 Å². The van der Waals surface area contributed by atoms with Crippen molar-refractivity contribution < 1.29 is 26.8 Å². The van der Waals surface area contributed by atoms with Crippen molar-refractivity contribution >= 4 is 12.4 Å². The van der Waals surface area contributed by atoms with Gasteiger partial charge in [-0.15, -0.1) is 0 Å². The fraction of sp³-hybridized carbons (Fsp3) is 0.455. The van der Waals surface area contributed by atoms with Gasteiger partial charge in [0.25, 0.3) is 0 Å². The van der Waals surface area contributed by atoms with Crippen LogP contribution in [0.5, 0.6) is 5.75 Å². The predicted octanol–water partition coefficient (Wildman–Crippen LogP) is 2.68. The quantitative estimate of drug-likeness (QED) is 0.447. The van der Waals surface area contributed by atoms with Gasteiger partial charge in [0, 0.05) is 0 Å². The fourth-order valence-corrected chi connectivity index (χ4v) is 1.34. The number of benzene rings is 1. The van der Waals surface area contributed by atoms with E-state index in [0.717, 1.165) is 12.1 Å². The molecule has 0 N–H and O–H groups in total. The summed E-state index contributed by atoms with van der Waals surface area (Å²) in [4.78, 5) is 0. The summed E-state index contributed by atoms with van der Waals surface area (Å²) in [5.41, 5.74) is -1.06. The number of ether oxygens (including phenoxy) is 2. The maximum absolute atomic E-state index is 12.8. The topological polar surface area (TPSA) is 18.5 Å². The molecule has 1 aromatic rings. The Labute approximate surface area is 103 Å². The highest BCUT2D eigenvalue weighted by Gasteiger charge is 2.29. The van der Waals surface area contributed by atoms with Crippen LogP contribution in [0.2, 0.25) is 0 Å². The zero-order valence-electron chi connectivity index (χ0n) is 10.1. The molecule has 0 heterocycles. The van der Waals surface area contributed by atoms with Crippen LogP contribution in [0.4, 0.5) is 17.3 Å². The molecule has 0 amide bonds. The Balaban J connectivity index is 2.70. The first-order valence-corrected chi connectivity index (χ1v) is 5.54. The molecule has 0 aliphatic heterocycles. The Morgan fingerprint density at radius 1 is 1.17 bits per heavy atom. The van der Waals surface area contributed by atoms with Gasteiger partial charge in [-0.05, 0) is 32.0 Å². The smallest absolute Gasteiger partial charge is 0.494 e. The summed E-state index contributed by atoms with van der Waals surface area (Å²) in [5.74, 6) is -1.30. The molecule has 0 aromatic heterocycles. The van der Waals surface area contributed by atoms with E-state index < -0.39 is 18.3 Å². The molecule has 0 spiro atoms. The van der Waals surface area contributed by atoms with Crippen molar-refractivity contribution in [2.24, 2.45) is 0 Å². The van der Waals surface area contributed by atoms with E-state index in [0.29, 0.717) is 6.07 Å². The first-order valence-electron chi connectivity index (χ1n) is 5.54. The number of halogens is 4. The molecule has 102 valence electrons. The lowest BCUT2D eigenvalue weighted by atomic mass is 9.79. The fourth-order valence-electron chi connectivity index (χ4n) is 1.34. The number of hydrogen-bond acceptors (Lipinski definition) is 2. The van der Waals surface area contributed by atoms with Crippen molar-refractivity contribution in [2.45, 2.75) is 20.0 Å². The Morgan fingerprint density at radius 2 is 1.83 bits per heavy atom. The van der Waals surface area contributed by atoms with Gasteiger partial charge < -0.3 is 22.4 Å². The number of hydrogen-bond donors (Lipinski definition) is 0. The van der Waals surface area contributed by atoms with Crippen LogP contribution in [0.15, 0.2) is 18.2 Å². The molecule has 0 saturated heterocycles. The van der Waals surface area contributed by atoms with Gasteiger partial charge >= 0.3 is 6.98 Å². The first-order chi connectivity index (χ1) is 8.30. The maximum Gasteiger partial charge on any atom is 0.513 e. The van der Waals surface area contributed by atoms with Crippen molar-refractivity contribution in [3.8, 4) is 5.75 Å². The summed E-state index contributed by atoms with van der Waals surface area (Å²) < 4.78 is 60.9. The summed E-state index contributed by atoms with van der Waals surface area (Å²) in [6, 6.07) is 2.36. The zero-order valence-corrected chi connectivity index (χ0v) is 10.1. The summed E-state index contributed by atoms with van der Waals surface area (Å²) >= 11 is 0. The third-order valence-corrected chi connectivity index (χ3v) is 2.12. The summed E-state index contributed by atoms with van der Waals surface area (Å²) in [6.45, 7) is -1.51. The van der Waals surface area contributed by atoms with Crippen molar-refractivity contribution in [1.29, 1.82) is 0 Å². The first kappa shape index (κ1) is 14.8. The van der Waals surface area contributed by atoms with Crippen LogP contribution in [-0.4, -0.2) is 26.3 Å². The van der Waals surface area contributed by atoms with Crippen molar-refractivity contribution in [1.82, 2.24) is 0 Å². The molecule has 0 bridgehead atoms. The Morgan fingerprint density at radius 3 is 2.39 bits per heavy atom. The van der Waals surface area contributed by atoms with Crippen LogP contribution in [0, 0.1) is 5.82 Å². The Bertz CT molecular complexity index is 393. The van der Waals surface area contributed by atoms with E-state index >= 15 is 0 Å². The molecule has 18 heavy (non-hydrogen) atoms. The van der Waals surface area contributed by atoms with Gasteiger partial charge in [0.05, 0.1) is 18.5 Å². The van der Waals surface area contributed by atoms with Gasteiger partial charge in [0.15, 0.2) is 0 Å².